The van der Waals surface area contributed by atoms with Crippen LogP contribution < -0.4 is 4.90 Å². The Hall–Kier alpha value is -1.65. The van der Waals surface area contributed by atoms with Crippen LogP contribution in [0.3, 0.4) is 0 Å². The summed E-state index contributed by atoms with van der Waals surface area (Å²) in [5.74, 6) is -0.671. The third kappa shape index (κ3) is 1.97. The Morgan fingerprint density at radius 3 is 2.42 bits per heavy atom. The lowest BCUT2D eigenvalue weighted by molar-refractivity contribution is 0.0926. The largest absolute Gasteiger partial charge is 0.268 e. The standard InChI is InChI=1S/C14H7BrClNO2/c15-8-2-1-3-10(6-8)17-13(18)11-5-4-9(16)7-12(11)14(17)19/h1-7H. The summed E-state index contributed by atoms with van der Waals surface area (Å²) >= 11 is 9.19. The van der Waals surface area contributed by atoms with Crippen LogP contribution in [0, 0.1) is 0 Å². The van der Waals surface area contributed by atoms with Gasteiger partial charge in [0.05, 0.1) is 16.8 Å². The number of imide groups is 1. The van der Waals surface area contributed by atoms with Gasteiger partial charge in [-0.15, -0.1) is 0 Å². The summed E-state index contributed by atoms with van der Waals surface area (Å²) in [6.45, 7) is 0. The number of carbonyl (C=O) groups is 2. The SMILES string of the molecule is O=C1c2ccc(Cl)cc2C(=O)N1c1cccc(Br)c1. The molecule has 19 heavy (non-hydrogen) atoms. The monoisotopic (exact) mass is 335 g/mol. The van der Waals surface area contributed by atoms with Crippen molar-refractivity contribution in [3.05, 3.63) is 63.1 Å². The highest BCUT2D eigenvalue weighted by Crippen LogP contribution is 2.31. The molecule has 0 unspecified atom stereocenters. The zero-order chi connectivity index (χ0) is 13.6. The molecule has 0 radical (unpaired) electrons. The molecule has 3 rings (SSSR count). The van der Waals surface area contributed by atoms with Crippen molar-refractivity contribution in [1.29, 1.82) is 0 Å². The maximum Gasteiger partial charge on any atom is 0.266 e. The molecule has 0 spiro atoms. The average molecular weight is 337 g/mol. The minimum Gasteiger partial charge on any atom is -0.268 e. The molecule has 1 heterocycles. The first-order valence-electron chi connectivity index (χ1n) is 5.52. The van der Waals surface area contributed by atoms with Gasteiger partial charge in [0.25, 0.3) is 11.8 Å². The van der Waals surface area contributed by atoms with Crippen LogP contribution in [0.2, 0.25) is 5.02 Å². The van der Waals surface area contributed by atoms with Crippen LogP contribution in [0.4, 0.5) is 5.69 Å². The van der Waals surface area contributed by atoms with Gasteiger partial charge in [-0.05, 0) is 36.4 Å². The Morgan fingerprint density at radius 1 is 0.947 bits per heavy atom. The van der Waals surface area contributed by atoms with Gasteiger partial charge < -0.3 is 0 Å². The normalized spacial score (nSPS) is 13.9. The fourth-order valence-corrected chi connectivity index (χ4v) is 2.62. The summed E-state index contributed by atoms with van der Waals surface area (Å²) in [6, 6.07) is 11.8. The second kappa shape index (κ2) is 4.47. The minimum absolute atomic E-state index is 0.324. The number of halogens is 2. The zero-order valence-electron chi connectivity index (χ0n) is 9.56. The maximum absolute atomic E-state index is 12.3. The van der Waals surface area contributed by atoms with Crippen LogP contribution in [-0.2, 0) is 0 Å². The molecule has 0 saturated heterocycles. The molecular formula is C14H7BrClNO2. The van der Waals surface area contributed by atoms with Gasteiger partial charge in [0.2, 0.25) is 0 Å². The summed E-state index contributed by atoms with van der Waals surface area (Å²) in [4.78, 5) is 25.7. The number of amides is 2. The predicted molar refractivity (Wildman–Crippen MR) is 76.7 cm³/mol. The fraction of sp³-hybridized carbons (Fsp3) is 0. The highest BCUT2D eigenvalue weighted by Gasteiger charge is 2.36. The second-order valence-electron chi connectivity index (χ2n) is 4.12. The molecule has 3 nitrogen and oxygen atoms in total. The Kier molecular flexibility index (Phi) is 2.92. The minimum atomic E-state index is -0.347. The first kappa shape index (κ1) is 12.4. The van der Waals surface area contributed by atoms with Crippen LogP contribution in [0.5, 0.6) is 0 Å². The summed E-state index contributed by atoms with van der Waals surface area (Å²) < 4.78 is 0.805. The van der Waals surface area contributed by atoms with Gasteiger partial charge in [0.15, 0.2) is 0 Å². The van der Waals surface area contributed by atoms with Gasteiger partial charge in [-0.25, -0.2) is 4.90 Å². The number of nitrogens with zero attached hydrogens (tertiary/aromatic N) is 1. The predicted octanol–water partition coefficient (Wildman–Crippen LogP) is 3.90. The summed E-state index contributed by atoms with van der Waals surface area (Å²) in [5.41, 5.74) is 1.27. The van der Waals surface area contributed by atoms with Crippen LogP contribution in [0.25, 0.3) is 0 Å². The van der Waals surface area contributed by atoms with E-state index in [1.54, 1.807) is 30.3 Å². The van der Waals surface area contributed by atoms with E-state index in [9.17, 15) is 9.59 Å². The molecule has 5 heteroatoms. The van der Waals surface area contributed by atoms with Crippen molar-refractivity contribution in [3.8, 4) is 0 Å². The number of rotatable bonds is 1. The number of anilines is 1. The van der Waals surface area contributed by atoms with Crippen molar-refractivity contribution < 1.29 is 9.59 Å². The van der Waals surface area contributed by atoms with E-state index in [0.29, 0.717) is 21.8 Å². The fourth-order valence-electron chi connectivity index (χ4n) is 2.06. The topological polar surface area (TPSA) is 37.4 Å². The van der Waals surface area contributed by atoms with E-state index in [1.165, 1.54) is 6.07 Å². The lowest BCUT2D eigenvalue weighted by Crippen LogP contribution is -2.29. The average Bonchev–Trinajstić information content (AvgIpc) is 2.61. The summed E-state index contributed by atoms with van der Waals surface area (Å²) in [6.07, 6.45) is 0. The van der Waals surface area contributed by atoms with Gasteiger partial charge in [-0.3, -0.25) is 9.59 Å². The Balaban J connectivity index is 2.13. The van der Waals surface area contributed by atoms with E-state index < -0.39 is 0 Å². The molecule has 1 aliphatic rings. The number of hydrogen-bond donors (Lipinski definition) is 0. The molecule has 94 valence electrons. The lowest BCUT2D eigenvalue weighted by Gasteiger charge is -2.13. The molecule has 0 N–H and O–H groups in total. The van der Waals surface area contributed by atoms with Crippen LogP contribution in [0.1, 0.15) is 20.7 Å². The van der Waals surface area contributed by atoms with Crippen molar-refractivity contribution >= 4 is 45.0 Å². The molecule has 0 saturated carbocycles. The Labute approximate surface area is 122 Å². The van der Waals surface area contributed by atoms with E-state index in [2.05, 4.69) is 15.9 Å². The smallest absolute Gasteiger partial charge is 0.266 e. The number of benzene rings is 2. The molecule has 1 aliphatic heterocycles. The van der Waals surface area contributed by atoms with E-state index in [-0.39, 0.29) is 11.8 Å². The van der Waals surface area contributed by atoms with Crippen molar-refractivity contribution in [3.63, 3.8) is 0 Å². The molecular weight excluding hydrogens is 330 g/mol. The third-order valence-corrected chi connectivity index (χ3v) is 3.64. The molecule has 0 aromatic heterocycles. The van der Waals surface area contributed by atoms with Gasteiger partial charge in [0.1, 0.15) is 0 Å². The number of carbonyl (C=O) groups excluding carboxylic acids is 2. The highest BCUT2D eigenvalue weighted by atomic mass is 79.9. The van der Waals surface area contributed by atoms with E-state index in [1.807, 2.05) is 6.07 Å². The van der Waals surface area contributed by atoms with Gasteiger partial charge >= 0.3 is 0 Å². The zero-order valence-corrected chi connectivity index (χ0v) is 11.9. The Bertz CT molecular complexity index is 714. The van der Waals surface area contributed by atoms with Crippen molar-refractivity contribution in [1.82, 2.24) is 0 Å². The van der Waals surface area contributed by atoms with E-state index in [0.717, 1.165) is 9.37 Å². The first-order chi connectivity index (χ1) is 9.08. The second-order valence-corrected chi connectivity index (χ2v) is 5.47. The van der Waals surface area contributed by atoms with Gasteiger partial charge in [-0.1, -0.05) is 33.6 Å². The summed E-state index contributed by atoms with van der Waals surface area (Å²) in [7, 11) is 0. The first-order valence-corrected chi connectivity index (χ1v) is 6.69. The maximum atomic E-state index is 12.3. The molecule has 2 aromatic carbocycles. The van der Waals surface area contributed by atoms with Crippen molar-refractivity contribution in [2.24, 2.45) is 0 Å². The van der Waals surface area contributed by atoms with E-state index >= 15 is 0 Å². The quantitative estimate of drug-likeness (QED) is 0.741. The highest BCUT2D eigenvalue weighted by molar-refractivity contribution is 9.10. The molecule has 0 atom stereocenters. The number of fused-ring (bicyclic) bond motifs is 1. The van der Waals surface area contributed by atoms with Crippen molar-refractivity contribution in [2.75, 3.05) is 4.90 Å². The lowest BCUT2D eigenvalue weighted by atomic mass is 10.1. The number of hydrogen-bond acceptors (Lipinski definition) is 2. The molecule has 0 fully saturated rings. The van der Waals surface area contributed by atoms with Crippen LogP contribution >= 0.6 is 27.5 Å². The van der Waals surface area contributed by atoms with Crippen LogP contribution in [0.15, 0.2) is 46.9 Å². The molecule has 2 aromatic rings. The molecule has 0 aliphatic carbocycles. The molecule has 0 bridgehead atoms. The third-order valence-electron chi connectivity index (χ3n) is 2.92. The summed E-state index contributed by atoms with van der Waals surface area (Å²) in [5, 5.41) is 0.441. The van der Waals surface area contributed by atoms with Crippen molar-refractivity contribution in [2.45, 2.75) is 0 Å². The van der Waals surface area contributed by atoms with Gasteiger partial charge in [-0.2, -0.15) is 0 Å². The molecule has 2 amide bonds. The van der Waals surface area contributed by atoms with E-state index in [4.69, 9.17) is 11.6 Å². The Morgan fingerprint density at radius 2 is 1.68 bits per heavy atom. The van der Waals surface area contributed by atoms with Gasteiger partial charge in [0, 0.05) is 9.50 Å². The van der Waals surface area contributed by atoms with Crippen LogP contribution in [-0.4, -0.2) is 11.8 Å².